The fraction of sp³-hybridized carbons (Fsp3) is 1.00. The van der Waals surface area contributed by atoms with E-state index in [1.165, 1.54) is 19.4 Å². The highest BCUT2D eigenvalue weighted by atomic mass is 127. The van der Waals surface area contributed by atoms with Crippen LogP contribution in [0.5, 0.6) is 0 Å². The summed E-state index contributed by atoms with van der Waals surface area (Å²) in [5.74, 6) is 0. The first-order valence-electron chi connectivity index (χ1n) is 4.59. The molecule has 1 saturated heterocycles. The zero-order valence-electron chi connectivity index (χ0n) is 8.98. The summed E-state index contributed by atoms with van der Waals surface area (Å²) in [6, 6.07) is 0. The highest BCUT2D eigenvalue weighted by molar-refractivity contribution is 14.0. The minimum absolute atomic E-state index is 0. The Balaban J connectivity index is 0.00000121. The van der Waals surface area contributed by atoms with E-state index in [1.807, 2.05) is 0 Å². The van der Waals surface area contributed by atoms with Gasteiger partial charge in [-0.25, -0.2) is 0 Å². The predicted octanol–water partition coefficient (Wildman–Crippen LogP) is 3.13. The molecule has 0 aromatic rings. The number of likely N-dealkylation sites (tertiary alicyclic amines) is 1. The molecule has 74 valence electrons. The van der Waals surface area contributed by atoms with Crippen molar-refractivity contribution in [3.8, 4) is 0 Å². The van der Waals surface area contributed by atoms with Crippen molar-refractivity contribution in [1.29, 1.82) is 0 Å². The lowest BCUT2D eigenvalue weighted by atomic mass is 9.68. The molecule has 1 aliphatic rings. The summed E-state index contributed by atoms with van der Waals surface area (Å²) in [6.07, 6.45) is 2.72. The number of hydrogen-bond donors (Lipinski definition) is 0. The van der Waals surface area contributed by atoms with E-state index in [4.69, 9.17) is 0 Å². The second-order valence-corrected chi connectivity index (χ2v) is 4.97. The number of piperidine rings is 1. The van der Waals surface area contributed by atoms with Crippen molar-refractivity contribution in [2.45, 2.75) is 46.1 Å². The van der Waals surface area contributed by atoms with Crippen molar-refractivity contribution in [1.82, 2.24) is 4.90 Å². The minimum Gasteiger partial charge on any atom is -0.301 e. The van der Waals surface area contributed by atoms with Crippen LogP contribution in [0.2, 0.25) is 0 Å². The molecular formula is C10H22IN. The van der Waals surface area contributed by atoms with Crippen LogP contribution in [0.3, 0.4) is 0 Å². The summed E-state index contributed by atoms with van der Waals surface area (Å²) >= 11 is 0. The Labute approximate surface area is 93.9 Å². The van der Waals surface area contributed by atoms with Gasteiger partial charge in [0.1, 0.15) is 0 Å². The van der Waals surface area contributed by atoms with E-state index in [2.05, 4.69) is 39.6 Å². The first-order chi connectivity index (χ1) is 4.88. The molecule has 0 bridgehead atoms. The third kappa shape index (κ3) is 1.95. The number of nitrogens with zero attached hydrogens (tertiary/aromatic N) is 1. The summed E-state index contributed by atoms with van der Waals surface area (Å²) in [7, 11) is 2.24. The summed E-state index contributed by atoms with van der Waals surface area (Å²) < 4.78 is 0. The molecule has 1 nitrogen and oxygen atoms in total. The number of rotatable bonds is 0. The van der Waals surface area contributed by atoms with Crippen LogP contribution in [0.15, 0.2) is 0 Å². The smallest absolute Gasteiger partial charge is 0.0201 e. The quantitative estimate of drug-likeness (QED) is 0.617. The Kier molecular flexibility index (Phi) is 4.04. The first kappa shape index (κ1) is 12.7. The van der Waals surface area contributed by atoms with Crippen LogP contribution in [0.25, 0.3) is 0 Å². The van der Waals surface area contributed by atoms with Crippen LogP contribution in [-0.4, -0.2) is 24.0 Å². The average molecular weight is 283 g/mol. The van der Waals surface area contributed by atoms with Gasteiger partial charge >= 0.3 is 0 Å². The lowest BCUT2D eigenvalue weighted by molar-refractivity contribution is -0.0121. The van der Waals surface area contributed by atoms with Gasteiger partial charge in [0.2, 0.25) is 0 Å². The SMILES string of the molecule is CN1CCCC(C)(C)C1(C)C.I. The Bertz CT molecular complexity index is 152. The fourth-order valence-electron chi connectivity index (χ4n) is 1.86. The first-order valence-corrected chi connectivity index (χ1v) is 4.59. The van der Waals surface area contributed by atoms with E-state index < -0.39 is 0 Å². The Hall–Kier alpha value is 0.690. The van der Waals surface area contributed by atoms with Crippen LogP contribution in [0, 0.1) is 5.41 Å². The number of hydrogen-bond acceptors (Lipinski definition) is 1. The van der Waals surface area contributed by atoms with Gasteiger partial charge in [0.15, 0.2) is 0 Å². The zero-order chi connectivity index (χ0) is 8.70. The van der Waals surface area contributed by atoms with E-state index in [0.717, 1.165) is 0 Å². The maximum atomic E-state index is 2.48. The van der Waals surface area contributed by atoms with Gasteiger partial charge in [-0.1, -0.05) is 13.8 Å². The van der Waals surface area contributed by atoms with Crippen molar-refractivity contribution < 1.29 is 0 Å². The van der Waals surface area contributed by atoms with Gasteiger partial charge in [0, 0.05) is 5.54 Å². The normalized spacial score (nSPS) is 27.8. The monoisotopic (exact) mass is 283 g/mol. The van der Waals surface area contributed by atoms with E-state index in [1.54, 1.807) is 0 Å². The predicted molar refractivity (Wildman–Crippen MR) is 65.1 cm³/mol. The lowest BCUT2D eigenvalue weighted by Crippen LogP contribution is -2.55. The van der Waals surface area contributed by atoms with Crippen molar-refractivity contribution >= 4 is 24.0 Å². The molecule has 2 heteroatoms. The molecule has 1 fully saturated rings. The molecule has 0 aliphatic carbocycles. The molecule has 0 saturated carbocycles. The zero-order valence-corrected chi connectivity index (χ0v) is 11.3. The molecule has 0 N–H and O–H groups in total. The topological polar surface area (TPSA) is 3.24 Å². The molecule has 0 aromatic heterocycles. The molecule has 0 unspecified atom stereocenters. The van der Waals surface area contributed by atoms with Crippen molar-refractivity contribution in [2.75, 3.05) is 13.6 Å². The third-order valence-corrected chi connectivity index (χ3v) is 3.91. The largest absolute Gasteiger partial charge is 0.301 e. The highest BCUT2D eigenvalue weighted by Crippen LogP contribution is 2.42. The number of halogens is 1. The van der Waals surface area contributed by atoms with Crippen LogP contribution in [-0.2, 0) is 0 Å². The lowest BCUT2D eigenvalue weighted by Gasteiger charge is -2.52. The average Bonchev–Trinajstić information content (AvgIpc) is 1.84. The summed E-state index contributed by atoms with van der Waals surface area (Å²) in [6.45, 7) is 10.7. The van der Waals surface area contributed by atoms with Gasteiger partial charge in [-0.2, -0.15) is 0 Å². The highest BCUT2D eigenvalue weighted by Gasteiger charge is 2.42. The standard InChI is InChI=1S/C10H21N.HI/c1-9(2)7-6-8-11(5)10(9,3)4;/h6-8H2,1-5H3;1H. The van der Waals surface area contributed by atoms with E-state index in [-0.39, 0.29) is 24.0 Å². The van der Waals surface area contributed by atoms with Crippen LogP contribution in [0.4, 0.5) is 0 Å². The van der Waals surface area contributed by atoms with Crippen molar-refractivity contribution in [3.05, 3.63) is 0 Å². The molecule has 12 heavy (non-hydrogen) atoms. The van der Waals surface area contributed by atoms with Crippen LogP contribution in [0.1, 0.15) is 40.5 Å². The molecule has 0 atom stereocenters. The van der Waals surface area contributed by atoms with E-state index in [9.17, 15) is 0 Å². The van der Waals surface area contributed by atoms with Gasteiger partial charge in [0.25, 0.3) is 0 Å². The maximum absolute atomic E-state index is 2.48. The molecule has 1 rings (SSSR count). The van der Waals surface area contributed by atoms with Gasteiger partial charge < -0.3 is 4.90 Å². The van der Waals surface area contributed by atoms with Gasteiger partial charge in [-0.15, -0.1) is 24.0 Å². The summed E-state index contributed by atoms with van der Waals surface area (Å²) in [5, 5.41) is 0. The molecular weight excluding hydrogens is 261 g/mol. The second-order valence-electron chi connectivity index (χ2n) is 4.97. The van der Waals surface area contributed by atoms with Gasteiger partial charge in [-0.3, -0.25) is 0 Å². The van der Waals surface area contributed by atoms with Crippen LogP contribution < -0.4 is 0 Å². The minimum atomic E-state index is 0. The van der Waals surface area contributed by atoms with E-state index >= 15 is 0 Å². The molecule has 0 spiro atoms. The third-order valence-electron chi connectivity index (χ3n) is 3.91. The van der Waals surface area contributed by atoms with Crippen molar-refractivity contribution in [3.63, 3.8) is 0 Å². The van der Waals surface area contributed by atoms with E-state index in [0.29, 0.717) is 11.0 Å². The summed E-state index contributed by atoms with van der Waals surface area (Å²) in [4.78, 5) is 2.48. The van der Waals surface area contributed by atoms with Crippen LogP contribution >= 0.6 is 24.0 Å². The fourth-order valence-corrected chi connectivity index (χ4v) is 1.86. The molecule has 0 aromatic carbocycles. The Morgan fingerprint density at radius 1 is 1.08 bits per heavy atom. The second kappa shape index (κ2) is 3.82. The molecule has 0 radical (unpaired) electrons. The van der Waals surface area contributed by atoms with Gasteiger partial charge in [-0.05, 0) is 45.7 Å². The Morgan fingerprint density at radius 3 is 1.92 bits per heavy atom. The molecule has 1 heterocycles. The van der Waals surface area contributed by atoms with Gasteiger partial charge in [0.05, 0.1) is 0 Å². The summed E-state index contributed by atoms with van der Waals surface area (Å²) in [5.41, 5.74) is 0.839. The van der Waals surface area contributed by atoms with Crippen molar-refractivity contribution in [2.24, 2.45) is 5.41 Å². The molecule has 1 aliphatic heterocycles. The molecule has 0 amide bonds. The Morgan fingerprint density at radius 2 is 1.58 bits per heavy atom. The maximum Gasteiger partial charge on any atom is 0.0201 e.